The average Bonchev–Trinajstić information content (AvgIpc) is 3.05. The van der Waals surface area contributed by atoms with Crippen molar-refractivity contribution in [3.05, 3.63) is 71.8 Å². The van der Waals surface area contributed by atoms with Gasteiger partial charge in [0.25, 0.3) is 5.91 Å². The van der Waals surface area contributed by atoms with Gasteiger partial charge in [0.15, 0.2) is 0 Å². The Morgan fingerprint density at radius 3 is 2.24 bits per heavy atom. The van der Waals surface area contributed by atoms with Gasteiger partial charge in [-0.3, -0.25) is 4.79 Å². The number of halogens is 1. The first-order valence-corrected chi connectivity index (χ1v) is 9.13. The molecule has 1 heterocycles. The molecule has 7 nitrogen and oxygen atoms in total. The van der Waals surface area contributed by atoms with E-state index in [0.717, 1.165) is 0 Å². The fourth-order valence-corrected chi connectivity index (χ4v) is 2.79. The van der Waals surface area contributed by atoms with E-state index in [1.54, 1.807) is 48.0 Å². The number of urea groups is 1. The Kier molecular flexibility index (Phi) is 5.92. The van der Waals surface area contributed by atoms with E-state index in [9.17, 15) is 14.0 Å². The summed E-state index contributed by atoms with van der Waals surface area (Å²) in [7, 11) is 0. The van der Waals surface area contributed by atoms with Gasteiger partial charge in [0.05, 0.1) is 34.5 Å². The highest BCUT2D eigenvalue weighted by Crippen LogP contribution is 2.23. The van der Waals surface area contributed by atoms with Crippen LogP contribution in [-0.4, -0.2) is 27.8 Å². The molecule has 0 atom stereocenters. The quantitative estimate of drug-likeness (QED) is 0.608. The summed E-state index contributed by atoms with van der Waals surface area (Å²) in [6.45, 7) is 5.47. The molecule has 150 valence electrons. The highest BCUT2D eigenvalue weighted by atomic mass is 19.1. The number of hydrogen-bond acceptors (Lipinski definition) is 3. The number of anilines is 2. The predicted molar refractivity (Wildman–Crippen MR) is 110 cm³/mol. The van der Waals surface area contributed by atoms with E-state index >= 15 is 0 Å². The lowest BCUT2D eigenvalue weighted by molar-refractivity contribution is 0.102. The van der Waals surface area contributed by atoms with Gasteiger partial charge in [-0.2, -0.15) is 5.10 Å². The summed E-state index contributed by atoms with van der Waals surface area (Å²) < 4.78 is 14.7. The van der Waals surface area contributed by atoms with E-state index in [0.29, 0.717) is 28.3 Å². The number of para-hydroxylation sites is 2. The Bertz CT molecular complexity index is 1030. The van der Waals surface area contributed by atoms with Crippen LogP contribution in [0.1, 0.15) is 29.9 Å². The molecule has 3 N–H and O–H groups in total. The summed E-state index contributed by atoms with van der Waals surface area (Å²) in [6, 6.07) is 12.4. The second-order valence-corrected chi connectivity index (χ2v) is 6.78. The molecule has 3 amide bonds. The second-order valence-electron chi connectivity index (χ2n) is 6.78. The molecular formula is C21H22FN5O2. The topological polar surface area (TPSA) is 88.1 Å². The Morgan fingerprint density at radius 1 is 1.00 bits per heavy atom. The Hall–Kier alpha value is -3.68. The van der Waals surface area contributed by atoms with Crippen LogP contribution in [0.3, 0.4) is 0 Å². The first kappa shape index (κ1) is 20.1. The van der Waals surface area contributed by atoms with Crippen LogP contribution < -0.4 is 16.0 Å². The van der Waals surface area contributed by atoms with Crippen LogP contribution in [0.4, 0.5) is 20.6 Å². The minimum Gasteiger partial charge on any atom is -0.336 e. The molecule has 3 aromatic rings. The molecule has 0 fully saturated rings. The predicted octanol–water partition coefficient (Wildman–Crippen LogP) is 4.10. The Labute approximate surface area is 167 Å². The van der Waals surface area contributed by atoms with Gasteiger partial charge in [0.1, 0.15) is 5.82 Å². The molecule has 0 aliphatic carbocycles. The molecule has 0 spiro atoms. The molecule has 0 saturated carbocycles. The number of nitrogens with zero attached hydrogens (tertiary/aromatic N) is 2. The van der Waals surface area contributed by atoms with E-state index in [1.807, 2.05) is 13.8 Å². The lowest BCUT2D eigenvalue weighted by Gasteiger charge is -2.14. The largest absolute Gasteiger partial charge is 0.336 e. The number of rotatable bonds is 5. The zero-order chi connectivity index (χ0) is 21.0. The molecule has 0 unspecified atom stereocenters. The monoisotopic (exact) mass is 395 g/mol. The molecule has 8 heteroatoms. The molecule has 0 radical (unpaired) electrons. The van der Waals surface area contributed by atoms with Crippen molar-refractivity contribution in [1.82, 2.24) is 15.1 Å². The third kappa shape index (κ3) is 4.78. The van der Waals surface area contributed by atoms with Crippen LogP contribution >= 0.6 is 0 Å². The van der Waals surface area contributed by atoms with Gasteiger partial charge >= 0.3 is 6.03 Å². The third-order valence-corrected chi connectivity index (χ3v) is 4.17. The van der Waals surface area contributed by atoms with Crippen molar-refractivity contribution in [3.8, 4) is 5.69 Å². The van der Waals surface area contributed by atoms with Crippen LogP contribution in [-0.2, 0) is 0 Å². The van der Waals surface area contributed by atoms with E-state index < -0.39 is 0 Å². The first-order chi connectivity index (χ1) is 13.8. The minimum absolute atomic E-state index is 0.0169. The zero-order valence-corrected chi connectivity index (χ0v) is 16.4. The number of carbonyl (C=O) groups is 2. The molecule has 0 aliphatic heterocycles. The number of nitrogens with one attached hydrogen (secondary N) is 3. The van der Waals surface area contributed by atoms with E-state index in [4.69, 9.17) is 0 Å². The van der Waals surface area contributed by atoms with Gasteiger partial charge in [-0.05, 0) is 57.2 Å². The summed E-state index contributed by atoms with van der Waals surface area (Å²) in [5.41, 5.74) is 2.57. The van der Waals surface area contributed by atoms with Crippen molar-refractivity contribution >= 4 is 23.3 Å². The molecule has 3 rings (SSSR count). The van der Waals surface area contributed by atoms with Gasteiger partial charge in [0, 0.05) is 6.04 Å². The average molecular weight is 395 g/mol. The summed E-state index contributed by atoms with van der Waals surface area (Å²) in [5, 5.41) is 12.5. The Morgan fingerprint density at radius 2 is 1.62 bits per heavy atom. The minimum atomic E-state index is -0.366. The highest BCUT2D eigenvalue weighted by Gasteiger charge is 2.17. The van der Waals surface area contributed by atoms with Crippen molar-refractivity contribution in [2.75, 3.05) is 10.6 Å². The maximum Gasteiger partial charge on any atom is 0.319 e. The van der Waals surface area contributed by atoms with E-state index in [2.05, 4.69) is 21.0 Å². The first-order valence-electron chi connectivity index (χ1n) is 9.13. The van der Waals surface area contributed by atoms with E-state index in [1.165, 1.54) is 18.3 Å². The number of aromatic nitrogens is 2. The van der Waals surface area contributed by atoms with Crippen molar-refractivity contribution < 1.29 is 14.0 Å². The molecule has 0 aliphatic rings. The zero-order valence-electron chi connectivity index (χ0n) is 16.4. The second kappa shape index (κ2) is 8.55. The summed E-state index contributed by atoms with van der Waals surface area (Å²) in [4.78, 5) is 24.8. The van der Waals surface area contributed by atoms with Crippen molar-refractivity contribution in [2.45, 2.75) is 26.8 Å². The van der Waals surface area contributed by atoms with E-state index in [-0.39, 0.29) is 23.8 Å². The van der Waals surface area contributed by atoms with Crippen LogP contribution in [0, 0.1) is 12.7 Å². The molecule has 0 saturated heterocycles. The maximum absolute atomic E-state index is 13.1. The van der Waals surface area contributed by atoms with Crippen molar-refractivity contribution in [1.29, 1.82) is 0 Å². The normalized spacial score (nSPS) is 10.7. The van der Waals surface area contributed by atoms with Gasteiger partial charge < -0.3 is 16.0 Å². The maximum atomic E-state index is 13.1. The van der Waals surface area contributed by atoms with Crippen LogP contribution in [0.2, 0.25) is 0 Å². The summed E-state index contributed by atoms with van der Waals surface area (Å²) in [6.07, 6.45) is 1.45. The van der Waals surface area contributed by atoms with Crippen molar-refractivity contribution in [3.63, 3.8) is 0 Å². The molecule has 2 aromatic carbocycles. The molecular weight excluding hydrogens is 373 g/mol. The Balaban J connectivity index is 1.79. The number of hydrogen-bond donors (Lipinski definition) is 3. The van der Waals surface area contributed by atoms with Crippen molar-refractivity contribution in [2.24, 2.45) is 0 Å². The number of carbonyl (C=O) groups excluding carboxylic acids is 2. The lowest BCUT2D eigenvalue weighted by Crippen LogP contribution is -2.34. The SMILES string of the molecule is Cc1c(C(=O)Nc2ccccc2NC(=O)NC(C)C)cnn1-c1ccc(F)cc1. The standard InChI is InChI=1S/C21H22FN5O2/c1-13(2)24-21(29)26-19-7-5-4-6-18(19)25-20(28)17-12-23-27(14(17)3)16-10-8-15(22)9-11-16/h4-13H,1-3H3,(H,25,28)(H2,24,26,29). The highest BCUT2D eigenvalue weighted by molar-refractivity contribution is 6.07. The molecule has 1 aromatic heterocycles. The third-order valence-electron chi connectivity index (χ3n) is 4.17. The fourth-order valence-electron chi connectivity index (χ4n) is 2.79. The molecule has 0 bridgehead atoms. The van der Waals surface area contributed by atoms with Gasteiger partial charge in [-0.15, -0.1) is 0 Å². The summed E-state index contributed by atoms with van der Waals surface area (Å²) in [5.74, 6) is -0.712. The van der Waals surface area contributed by atoms with Gasteiger partial charge in [-0.25, -0.2) is 13.9 Å². The smallest absolute Gasteiger partial charge is 0.319 e. The lowest BCUT2D eigenvalue weighted by atomic mass is 10.2. The number of amides is 3. The van der Waals surface area contributed by atoms with Crippen LogP contribution in [0.25, 0.3) is 5.69 Å². The fraction of sp³-hybridized carbons (Fsp3) is 0.190. The molecule has 29 heavy (non-hydrogen) atoms. The number of benzene rings is 2. The van der Waals surface area contributed by atoms with Gasteiger partial charge in [0.2, 0.25) is 0 Å². The van der Waals surface area contributed by atoms with Crippen LogP contribution in [0.15, 0.2) is 54.7 Å². The van der Waals surface area contributed by atoms with Gasteiger partial charge in [-0.1, -0.05) is 12.1 Å². The van der Waals surface area contributed by atoms with Crippen LogP contribution in [0.5, 0.6) is 0 Å². The summed E-state index contributed by atoms with van der Waals surface area (Å²) >= 11 is 0.